The Hall–Kier alpha value is -3.25. The zero-order valence-electron chi connectivity index (χ0n) is 16.4. The lowest BCUT2D eigenvalue weighted by molar-refractivity contribution is -0.141. The van der Waals surface area contributed by atoms with Crippen LogP contribution in [-0.2, 0) is 9.53 Å². The summed E-state index contributed by atoms with van der Waals surface area (Å²) >= 11 is 6.01. The van der Waals surface area contributed by atoms with E-state index in [1.54, 1.807) is 30.3 Å². The van der Waals surface area contributed by atoms with E-state index in [1.807, 2.05) is 18.2 Å². The first-order valence-electron chi connectivity index (χ1n) is 9.67. The van der Waals surface area contributed by atoms with Crippen LogP contribution in [0.1, 0.15) is 47.9 Å². The second-order valence-corrected chi connectivity index (χ2v) is 7.52. The van der Waals surface area contributed by atoms with Crippen molar-refractivity contribution in [3.05, 3.63) is 74.8 Å². The van der Waals surface area contributed by atoms with Gasteiger partial charge in [0.2, 0.25) is 5.78 Å². The van der Waals surface area contributed by atoms with Crippen LogP contribution in [0, 0.1) is 0 Å². The van der Waals surface area contributed by atoms with Crippen LogP contribution in [0.3, 0.4) is 0 Å². The predicted molar refractivity (Wildman–Crippen MR) is 115 cm³/mol. The smallest absolute Gasteiger partial charge is 0.302 e. The van der Waals surface area contributed by atoms with Crippen molar-refractivity contribution in [3.63, 3.8) is 0 Å². The second-order valence-electron chi connectivity index (χ2n) is 7.08. The van der Waals surface area contributed by atoms with Gasteiger partial charge in [0.15, 0.2) is 5.82 Å². The van der Waals surface area contributed by atoms with E-state index in [1.165, 1.54) is 11.5 Å². The molecule has 6 nitrogen and oxygen atoms in total. The third kappa shape index (κ3) is 3.78. The van der Waals surface area contributed by atoms with Gasteiger partial charge in [0.25, 0.3) is 5.56 Å². The van der Waals surface area contributed by atoms with E-state index in [-0.39, 0.29) is 23.1 Å². The number of ketones is 1. The zero-order valence-corrected chi connectivity index (χ0v) is 17.1. The predicted octanol–water partition coefficient (Wildman–Crippen LogP) is 4.33. The second kappa shape index (κ2) is 8.24. The third-order valence-corrected chi connectivity index (χ3v) is 5.16. The Morgan fingerprint density at radius 3 is 2.80 bits per heavy atom. The highest BCUT2D eigenvalue weighted by molar-refractivity contribution is 6.31. The molecule has 3 aromatic rings. The Balaban J connectivity index is 1.59. The van der Waals surface area contributed by atoms with Crippen LogP contribution in [0.4, 0.5) is 0 Å². The van der Waals surface area contributed by atoms with Gasteiger partial charge in [-0.3, -0.25) is 19.0 Å². The summed E-state index contributed by atoms with van der Waals surface area (Å²) in [4.78, 5) is 41.0. The topological polar surface area (TPSA) is 78.3 Å². The summed E-state index contributed by atoms with van der Waals surface area (Å²) in [7, 11) is 0. The molecule has 1 aromatic heterocycles. The van der Waals surface area contributed by atoms with Crippen molar-refractivity contribution < 1.29 is 14.3 Å². The number of hydrogen-bond donors (Lipinski definition) is 0. The van der Waals surface area contributed by atoms with Crippen molar-refractivity contribution in [2.45, 2.75) is 26.2 Å². The Morgan fingerprint density at radius 2 is 2.00 bits per heavy atom. The summed E-state index contributed by atoms with van der Waals surface area (Å²) in [6.07, 6.45) is 6.51. The number of nitrogens with zero attached hydrogens (tertiary/aromatic N) is 2. The Morgan fingerprint density at radius 1 is 1.17 bits per heavy atom. The molecule has 0 saturated heterocycles. The standard InChI is InChI=1S/C23H19ClN2O4/c1-14(27)30-11-5-3-2-4-6-15-7-9-19-17(12-15)23(29)26-20-10-8-16(24)13-18(20)21(28)22(26)25-19/h4,6-10,12-13H,2-3,5,11H2,1H3. The highest BCUT2D eigenvalue weighted by Gasteiger charge is 2.30. The van der Waals surface area contributed by atoms with Crippen molar-refractivity contribution in [1.29, 1.82) is 0 Å². The molecule has 0 fully saturated rings. The summed E-state index contributed by atoms with van der Waals surface area (Å²) in [5, 5.41) is 0.888. The Labute approximate surface area is 177 Å². The number of hydrogen-bond acceptors (Lipinski definition) is 5. The average molecular weight is 423 g/mol. The lowest BCUT2D eigenvalue weighted by Crippen LogP contribution is -2.21. The van der Waals surface area contributed by atoms with Gasteiger partial charge in [0.1, 0.15) is 0 Å². The summed E-state index contributed by atoms with van der Waals surface area (Å²) in [5.74, 6) is -0.453. The van der Waals surface area contributed by atoms with E-state index < -0.39 is 0 Å². The molecule has 0 saturated carbocycles. The Bertz CT molecular complexity index is 1260. The minimum Gasteiger partial charge on any atom is -0.466 e. The molecule has 0 aliphatic carbocycles. The largest absolute Gasteiger partial charge is 0.466 e. The molecular weight excluding hydrogens is 404 g/mol. The molecule has 152 valence electrons. The number of esters is 1. The molecule has 0 bridgehead atoms. The number of aromatic nitrogens is 2. The van der Waals surface area contributed by atoms with Crippen LogP contribution in [0.5, 0.6) is 0 Å². The fraction of sp³-hybridized carbons (Fsp3) is 0.217. The maximum absolute atomic E-state index is 13.1. The molecule has 30 heavy (non-hydrogen) atoms. The van der Waals surface area contributed by atoms with E-state index in [9.17, 15) is 14.4 Å². The van der Waals surface area contributed by atoms with Gasteiger partial charge in [0, 0.05) is 11.9 Å². The van der Waals surface area contributed by atoms with Gasteiger partial charge in [-0.15, -0.1) is 0 Å². The van der Waals surface area contributed by atoms with Crippen LogP contribution >= 0.6 is 11.6 Å². The van der Waals surface area contributed by atoms with E-state index in [4.69, 9.17) is 16.3 Å². The SMILES string of the molecule is CC(=O)OCCCCC=Cc1ccc2nc3n(c(=O)c2c1)-c1ccc(Cl)cc1C3=O. The quantitative estimate of drug-likeness (QED) is 0.341. The van der Waals surface area contributed by atoms with Crippen LogP contribution in [0.15, 0.2) is 47.3 Å². The number of benzene rings is 2. The first-order valence-corrected chi connectivity index (χ1v) is 10.0. The van der Waals surface area contributed by atoms with E-state index >= 15 is 0 Å². The number of carbonyl (C=O) groups excluding carboxylic acids is 2. The van der Waals surface area contributed by atoms with Crippen LogP contribution in [0.25, 0.3) is 22.7 Å². The Kier molecular flexibility index (Phi) is 5.50. The molecule has 2 heterocycles. The summed E-state index contributed by atoms with van der Waals surface area (Å²) in [6, 6.07) is 10.3. The number of unbranched alkanes of at least 4 members (excludes halogenated alkanes) is 2. The maximum Gasteiger partial charge on any atom is 0.302 e. The van der Waals surface area contributed by atoms with Gasteiger partial charge in [-0.2, -0.15) is 0 Å². The van der Waals surface area contributed by atoms with Crippen LogP contribution in [-0.4, -0.2) is 27.9 Å². The van der Waals surface area contributed by atoms with Gasteiger partial charge in [0.05, 0.1) is 28.8 Å². The molecule has 2 aromatic carbocycles. The van der Waals surface area contributed by atoms with Gasteiger partial charge < -0.3 is 4.74 Å². The molecule has 0 N–H and O–H groups in total. The summed E-state index contributed by atoms with van der Waals surface area (Å²) in [5.41, 5.74) is 1.98. The van der Waals surface area contributed by atoms with E-state index in [2.05, 4.69) is 4.98 Å². The van der Waals surface area contributed by atoms with Gasteiger partial charge >= 0.3 is 5.97 Å². The minimum absolute atomic E-state index is 0.112. The molecule has 0 amide bonds. The fourth-order valence-corrected chi connectivity index (χ4v) is 3.66. The van der Waals surface area contributed by atoms with E-state index in [0.717, 1.165) is 24.8 Å². The van der Waals surface area contributed by atoms with Crippen LogP contribution in [0.2, 0.25) is 5.02 Å². The average Bonchev–Trinajstić information content (AvgIpc) is 2.99. The monoisotopic (exact) mass is 422 g/mol. The van der Waals surface area contributed by atoms with Crippen molar-refractivity contribution in [2.75, 3.05) is 6.61 Å². The van der Waals surface area contributed by atoms with Gasteiger partial charge in [-0.25, -0.2) is 4.98 Å². The maximum atomic E-state index is 13.1. The highest BCUT2D eigenvalue weighted by atomic mass is 35.5. The molecule has 1 aliphatic rings. The molecule has 0 spiro atoms. The van der Waals surface area contributed by atoms with Gasteiger partial charge in [-0.05, 0) is 55.2 Å². The van der Waals surface area contributed by atoms with Crippen molar-refractivity contribution >= 4 is 40.3 Å². The first-order chi connectivity index (χ1) is 14.5. The number of halogens is 1. The lowest BCUT2D eigenvalue weighted by atomic mass is 10.1. The number of rotatable bonds is 6. The number of fused-ring (bicyclic) bond motifs is 4. The number of ether oxygens (including phenoxy) is 1. The zero-order chi connectivity index (χ0) is 21.3. The van der Waals surface area contributed by atoms with Crippen molar-refractivity contribution in [3.8, 4) is 5.69 Å². The molecule has 1 aliphatic heterocycles. The summed E-state index contributed by atoms with van der Waals surface area (Å²) in [6.45, 7) is 1.83. The highest BCUT2D eigenvalue weighted by Crippen LogP contribution is 2.28. The molecule has 0 radical (unpaired) electrons. The molecular formula is C23H19ClN2O4. The van der Waals surface area contributed by atoms with Crippen LogP contribution < -0.4 is 5.56 Å². The van der Waals surface area contributed by atoms with E-state index in [0.29, 0.717) is 33.8 Å². The molecule has 0 atom stereocenters. The lowest BCUT2D eigenvalue weighted by Gasteiger charge is -2.06. The summed E-state index contributed by atoms with van der Waals surface area (Å²) < 4.78 is 6.27. The number of allylic oxidation sites excluding steroid dienone is 1. The number of carbonyl (C=O) groups is 2. The van der Waals surface area contributed by atoms with Gasteiger partial charge in [-0.1, -0.05) is 29.8 Å². The third-order valence-electron chi connectivity index (χ3n) is 4.92. The minimum atomic E-state index is -0.302. The normalized spacial score (nSPS) is 12.4. The van der Waals surface area contributed by atoms with Crippen molar-refractivity contribution in [1.82, 2.24) is 9.55 Å². The first kappa shape index (κ1) is 20.0. The fourth-order valence-electron chi connectivity index (χ4n) is 3.49. The molecule has 7 heteroatoms. The van der Waals surface area contributed by atoms with Crippen molar-refractivity contribution in [2.24, 2.45) is 0 Å². The molecule has 0 unspecified atom stereocenters. The molecule has 4 rings (SSSR count).